The van der Waals surface area contributed by atoms with Crippen LogP contribution >= 0.6 is 23.1 Å². The van der Waals surface area contributed by atoms with Gasteiger partial charge in [0, 0.05) is 0 Å². The predicted molar refractivity (Wildman–Crippen MR) is 45.0 cm³/mol. The van der Waals surface area contributed by atoms with E-state index in [4.69, 9.17) is 0 Å². The Balaban J connectivity index is 2.30. The van der Waals surface area contributed by atoms with Crippen LogP contribution in [-0.2, 0) is 0 Å². The first-order valence-corrected chi connectivity index (χ1v) is 4.75. The van der Waals surface area contributed by atoms with E-state index in [9.17, 15) is 0 Å². The van der Waals surface area contributed by atoms with Gasteiger partial charge in [0.05, 0.1) is 4.21 Å². The summed E-state index contributed by atoms with van der Waals surface area (Å²) >= 11 is 3.68. The van der Waals surface area contributed by atoms with Gasteiger partial charge in [-0.3, -0.25) is 0 Å². The molecular formula is C7H9S2. The lowest BCUT2D eigenvalue weighted by molar-refractivity contribution is 1.24. The summed E-state index contributed by atoms with van der Waals surface area (Å²) in [5, 5.41) is 2.10. The minimum atomic E-state index is 1.02. The normalized spacial score (nSPS) is 9.89. The molecule has 0 aromatic carbocycles. The van der Waals surface area contributed by atoms with E-state index in [0.717, 1.165) is 12.2 Å². The molecule has 0 aliphatic carbocycles. The Kier molecular flexibility index (Phi) is 3.15. The molecule has 0 unspecified atom stereocenters. The fourth-order valence-electron chi connectivity index (χ4n) is 0.518. The van der Waals surface area contributed by atoms with Crippen molar-refractivity contribution in [1.29, 1.82) is 0 Å². The lowest BCUT2D eigenvalue weighted by atomic mass is 10.6. The zero-order valence-electron chi connectivity index (χ0n) is 5.17. The molecule has 1 aromatic rings. The molecule has 0 bridgehead atoms. The summed E-state index contributed by atoms with van der Waals surface area (Å²) in [5.41, 5.74) is 0. The summed E-state index contributed by atoms with van der Waals surface area (Å²) < 4.78 is 1.40. The predicted octanol–water partition coefficient (Wildman–Crippen LogP) is 3.06. The molecule has 0 saturated heterocycles. The van der Waals surface area contributed by atoms with E-state index in [2.05, 4.69) is 24.4 Å². The van der Waals surface area contributed by atoms with E-state index in [0.29, 0.717) is 0 Å². The lowest BCUT2D eigenvalue weighted by Gasteiger charge is -1.90. The second-order valence-electron chi connectivity index (χ2n) is 1.63. The molecule has 0 nitrogen and oxygen atoms in total. The molecule has 0 aliphatic rings. The maximum Gasteiger partial charge on any atom is 0.0598 e. The third kappa shape index (κ3) is 2.41. The van der Waals surface area contributed by atoms with E-state index in [1.807, 2.05) is 11.8 Å². The SMILES string of the molecule is [CH2]CCSc1cccs1. The monoisotopic (exact) mass is 157 g/mol. The minimum absolute atomic E-state index is 1.02. The first-order chi connectivity index (χ1) is 4.43. The van der Waals surface area contributed by atoms with Gasteiger partial charge in [-0.15, -0.1) is 23.1 Å². The van der Waals surface area contributed by atoms with Gasteiger partial charge in [0.2, 0.25) is 0 Å². The third-order valence-corrected chi connectivity index (χ3v) is 3.10. The van der Waals surface area contributed by atoms with Gasteiger partial charge in [0.25, 0.3) is 0 Å². The zero-order chi connectivity index (χ0) is 6.53. The van der Waals surface area contributed by atoms with Gasteiger partial charge in [0.15, 0.2) is 0 Å². The molecular weight excluding hydrogens is 148 g/mol. The lowest BCUT2D eigenvalue weighted by Crippen LogP contribution is -1.68. The molecule has 1 rings (SSSR count). The number of thiophene rings is 1. The van der Waals surface area contributed by atoms with Crippen LogP contribution in [0.5, 0.6) is 0 Å². The topological polar surface area (TPSA) is 0 Å². The van der Waals surface area contributed by atoms with Gasteiger partial charge in [-0.1, -0.05) is 13.0 Å². The Morgan fingerprint density at radius 1 is 1.67 bits per heavy atom. The van der Waals surface area contributed by atoms with Crippen LogP contribution in [0.15, 0.2) is 21.7 Å². The van der Waals surface area contributed by atoms with Crippen LogP contribution in [0.4, 0.5) is 0 Å². The molecule has 9 heavy (non-hydrogen) atoms. The van der Waals surface area contributed by atoms with Gasteiger partial charge in [-0.05, 0) is 23.6 Å². The second-order valence-corrected chi connectivity index (χ2v) is 3.98. The van der Waals surface area contributed by atoms with Crippen molar-refractivity contribution >= 4 is 23.1 Å². The molecule has 0 atom stereocenters. The van der Waals surface area contributed by atoms with Gasteiger partial charge in [0.1, 0.15) is 0 Å². The summed E-state index contributed by atoms with van der Waals surface area (Å²) in [4.78, 5) is 0. The Labute approximate surface area is 64.3 Å². The van der Waals surface area contributed by atoms with E-state index in [1.54, 1.807) is 11.3 Å². The molecule has 0 saturated carbocycles. The number of hydrogen-bond acceptors (Lipinski definition) is 2. The number of thioether (sulfide) groups is 1. The van der Waals surface area contributed by atoms with Crippen molar-refractivity contribution < 1.29 is 0 Å². The summed E-state index contributed by atoms with van der Waals surface area (Å²) in [6.07, 6.45) is 1.02. The molecule has 0 fully saturated rings. The van der Waals surface area contributed by atoms with E-state index in [-0.39, 0.29) is 0 Å². The van der Waals surface area contributed by atoms with E-state index in [1.165, 1.54) is 4.21 Å². The van der Waals surface area contributed by atoms with Crippen molar-refractivity contribution in [3.8, 4) is 0 Å². The summed E-state index contributed by atoms with van der Waals surface area (Å²) in [5.74, 6) is 1.14. The summed E-state index contributed by atoms with van der Waals surface area (Å²) in [7, 11) is 0. The van der Waals surface area contributed by atoms with Gasteiger partial charge < -0.3 is 0 Å². The highest BCUT2D eigenvalue weighted by atomic mass is 32.2. The average molecular weight is 157 g/mol. The van der Waals surface area contributed by atoms with Crippen LogP contribution in [0.25, 0.3) is 0 Å². The zero-order valence-corrected chi connectivity index (χ0v) is 6.80. The molecule has 1 radical (unpaired) electrons. The molecule has 2 heteroatoms. The molecule has 49 valence electrons. The molecule has 0 amide bonds. The largest absolute Gasteiger partial charge is 0.137 e. The summed E-state index contributed by atoms with van der Waals surface area (Å²) in [6.45, 7) is 3.77. The average Bonchev–Trinajstić information content (AvgIpc) is 2.34. The molecule has 1 heterocycles. The van der Waals surface area contributed by atoms with Crippen molar-refractivity contribution in [2.45, 2.75) is 10.6 Å². The second kappa shape index (κ2) is 3.96. The third-order valence-electron chi connectivity index (χ3n) is 0.884. The highest BCUT2D eigenvalue weighted by Crippen LogP contribution is 2.23. The molecule has 0 N–H and O–H groups in total. The van der Waals surface area contributed by atoms with Crippen molar-refractivity contribution in [3.05, 3.63) is 24.4 Å². The maximum absolute atomic E-state index is 3.77. The molecule has 0 spiro atoms. The van der Waals surface area contributed by atoms with Crippen LogP contribution in [0, 0.1) is 6.92 Å². The first kappa shape index (κ1) is 7.16. The van der Waals surface area contributed by atoms with Gasteiger partial charge in [-0.25, -0.2) is 0 Å². The Morgan fingerprint density at radius 3 is 3.11 bits per heavy atom. The Bertz CT molecular complexity index is 144. The van der Waals surface area contributed by atoms with Crippen LogP contribution < -0.4 is 0 Å². The Hall–Kier alpha value is 0.0500. The minimum Gasteiger partial charge on any atom is -0.137 e. The quantitative estimate of drug-likeness (QED) is 0.608. The fourth-order valence-corrected chi connectivity index (χ4v) is 2.18. The van der Waals surface area contributed by atoms with Crippen molar-refractivity contribution in [3.63, 3.8) is 0 Å². The highest BCUT2D eigenvalue weighted by Gasteiger charge is 1.90. The first-order valence-electron chi connectivity index (χ1n) is 2.89. The van der Waals surface area contributed by atoms with Crippen molar-refractivity contribution in [2.75, 3.05) is 5.75 Å². The Morgan fingerprint density at radius 2 is 2.56 bits per heavy atom. The fraction of sp³-hybridized carbons (Fsp3) is 0.286. The maximum atomic E-state index is 3.77. The van der Waals surface area contributed by atoms with E-state index >= 15 is 0 Å². The van der Waals surface area contributed by atoms with Gasteiger partial charge >= 0.3 is 0 Å². The molecule has 1 aromatic heterocycles. The smallest absolute Gasteiger partial charge is 0.0598 e. The van der Waals surface area contributed by atoms with E-state index < -0.39 is 0 Å². The van der Waals surface area contributed by atoms with Crippen LogP contribution in [0.3, 0.4) is 0 Å². The van der Waals surface area contributed by atoms with Crippen LogP contribution in [-0.4, -0.2) is 5.75 Å². The highest BCUT2D eigenvalue weighted by molar-refractivity contribution is 8.01. The summed E-state index contributed by atoms with van der Waals surface area (Å²) in [6, 6.07) is 4.22. The number of rotatable bonds is 3. The molecule has 0 aliphatic heterocycles. The standard InChI is InChI=1S/C7H9S2/c1-2-5-8-7-4-3-6-9-7/h3-4,6H,1-2,5H2. The van der Waals surface area contributed by atoms with Crippen LogP contribution in [0.2, 0.25) is 0 Å². The van der Waals surface area contributed by atoms with Crippen LogP contribution in [0.1, 0.15) is 6.42 Å². The number of hydrogen-bond donors (Lipinski definition) is 0. The van der Waals surface area contributed by atoms with Crippen molar-refractivity contribution in [2.24, 2.45) is 0 Å². The van der Waals surface area contributed by atoms with Crippen molar-refractivity contribution in [1.82, 2.24) is 0 Å². The van der Waals surface area contributed by atoms with Gasteiger partial charge in [-0.2, -0.15) is 0 Å².